The highest BCUT2D eigenvalue weighted by molar-refractivity contribution is 5.36. The first-order valence-corrected chi connectivity index (χ1v) is 6.49. The molecule has 0 saturated carbocycles. The van der Waals surface area contributed by atoms with Crippen molar-refractivity contribution in [3.8, 4) is 11.5 Å². The average molecular weight is 254 g/mol. The lowest BCUT2D eigenvalue weighted by Crippen LogP contribution is -1.87. The van der Waals surface area contributed by atoms with Crippen LogP contribution in [-0.2, 0) is 9.47 Å². The molecular weight excluding hydrogens is 240 g/mol. The van der Waals surface area contributed by atoms with Gasteiger partial charge in [-0.25, -0.2) is 0 Å². The van der Waals surface area contributed by atoms with Crippen molar-refractivity contribution in [1.82, 2.24) is 0 Å². The average Bonchev–Trinajstić information content (AvgIpc) is 3.31. The van der Waals surface area contributed by atoms with Crippen molar-refractivity contribution >= 4 is 0 Å². The molecule has 2 aromatic rings. The van der Waals surface area contributed by atoms with Crippen LogP contribution in [0.25, 0.3) is 0 Å². The Balaban J connectivity index is 1.46. The highest BCUT2D eigenvalue weighted by atomic mass is 16.6. The van der Waals surface area contributed by atoms with Crippen LogP contribution in [0.5, 0.6) is 11.5 Å². The van der Waals surface area contributed by atoms with Gasteiger partial charge in [0.25, 0.3) is 0 Å². The van der Waals surface area contributed by atoms with Gasteiger partial charge in [-0.05, 0) is 35.4 Å². The van der Waals surface area contributed by atoms with Gasteiger partial charge in [-0.15, -0.1) is 0 Å². The Bertz CT molecular complexity index is 512. The standard InChI is InChI=1S/C16H14O3/c1-5-13(6-2-11(1)15-9-17-15)19-14-7-3-12(4-8-14)16-10-18-16/h1-8,15-16H,9-10H2/t15-,16-/m0/s1. The van der Waals surface area contributed by atoms with Crippen molar-refractivity contribution in [3.63, 3.8) is 0 Å². The van der Waals surface area contributed by atoms with E-state index >= 15 is 0 Å². The summed E-state index contributed by atoms with van der Waals surface area (Å²) in [6.45, 7) is 1.68. The maximum Gasteiger partial charge on any atom is 0.127 e. The summed E-state index contributed by atoms with van der Waals surface area (Å²) in [6.07, 6.45) is 0.596. The first-order chi connectivity index (χ1) is 9.38. The van der Waals surface area contributed by atoms with Gasteiger partial charge in [0.2, 0.25) is 0 Å². The van der Waals surface area contributed by atoms with Crippen molar-refractivity contribution in [1.29, 1.82) is 0 Å². The highest BCUT2D eigenvalue weighted by Crippen LogP contribution is 2.33. The van der Waals surface area contributed by atoms with Gasteiger partial charge < -0.3 is 14.2 Å². The third-order valence-corrected chi connectivity index (χ3v) is 3.41. The molecule has 0 aliphatic carbocycles. The van der Waals surface area contributed by atoms with E-state index in [2.05, 4.69) is 24.3 Å². The molecule has 3 heteroatoms. The summed E-state index contributed by atoms with van der Waals surface area (Å²) in [5.74, 6) is 1.69. The first-order valence-electron chi connectivity index (χ1n) is 6.49. The lowest BCUT2D eigenvalue weighted by molar-refractivity contribution is 0.415. The summed E-state index contributed by atoms with van der Waals surface area (Å²) in [6, 6.07) is 16.1. The zero-order chi connectivity index (χ0) is 12.7. The molecule has 0 amide bonds. The van der Waals surface area contributed by atoms with Gasteiger partial charge in [0.15, 0.2) is 0 Å². The van der Waals surface area contributed by atoms with Gasteiger partial charge in [0.05, 0.1) is 13.2 Å². The molecule has 2 atom stereocenters. The third-order valence-electron chi connectivity index (χ3n) is 3.41. The number of rotatable bonds is 4. The van der Waals surface area contributed by atoms with Crippen LogP contribution in [0.3, 0.4) is 0 Å². The molecule has 0 N–H and O–H groups in total. The summed E-state index contributed by atoms with van der Waals surface area (Å²) in [7, 11) is 0. The molecule has 2 fully saturated rings. The summed E-state index contributed by atoms with van der Waals surface area (Å²) in [5.41, 5.74) is 2.43. The van der Waals surface area contributed by atoms with E-state index in [0.29, 0.717) is 12.2 Å². The van der Waals surface area contributed by atoms with Gasteiger partial charge in [-0.2, -0.15) is 0 Å². The van der Waals surface area contributed by atoms with Crippen LogP contribution in [0.1, 0.15) is 23.3 Å². The molecule has 0 spiro atoms. The number of hydrogen-bond donors (Lipinski definition) is 0. The molecule has 2 aliphatic rings. The van der Waals surface area contributed by atoms with Crippen molar-refractivity contribution in [3.05, 3.63) is 59.7 Å². The second-order valence-corrected chi connectivity index (χ2v) is 4.88. The van der Waals surface area contributed by atoms with E-state index in [1.54, 1.807) is 0 Å². The zero-order valence-corrected chi connectivity index (χ0v) is 10.4. The highest BCUT2D eigenvalue weighted by Gasteiger charge is 2.25. The number of hydrogen-bond acceptors (Lipinski definition) is 3. The summed E-state index contributed by atoms with van der Waals surface area (Å²) in [4.78, 5) is 0. The summed E-state index contributed by atoms with van der Waals surface area (Å²) < 4.78 is 16.3. The fourth-order valence-corrected chi connectivity index (χ4v) is 2.12. The Hall–Kier alpha value is -1.84. The van der Waals surface area contributed by atoms with E-state index in [1.165, 1.54) is 11.1 Å². The van der Waals surface area contributed by atoms with Crippen LogP contribution in [-0.4, -0.2) is 13.2 Å². The molecule has 2 saturated heterocycles. The lowest BCUT2D eigenvalue weighted by Gasteiger charge is -2.06. The number of benzene rings is 2. The van der Waals surface area contributed by atoms with E-state index in [0.717, 1.165) is 24.7 Å². The van der Waals surface area contributed by atoms with Crippen molar-refractivity contribution < 1.29 is 14.2 Å². The van der Waals surface area contributed by atoms with Crippen molar-refractivity contribution in [2.45, 2.75) is 12.2 Å². The summed E-state index contributed by atoms with van der Waals surface area (Å²) >= 11 is 0. The molecule has 0 radical (unpaired) electrons. The van der Waals surface area contributed by atoms with Crippen molar-refractivity contribution in [2.24, 2.45) is 0 Å². The zero-order valence-electron chi connectivity index (χ0n) is 10.4. The topological polar surface area (TPSA) is 34.3 Å². The number of epoxide rings is 2. The predicted molar refractivity (Wildman–Crippen MR) is 70.3 cm³/mol. The van der Waals surface area contributed by atoms with Crippen LogP contribution < -0.4 is 4.74 Å². The molecule has 96 valence electrons. The molecule has 4 rings (SSSR count). The maximum absolute atomic E-state index is 5.81. The van der Waals surface area contributed by atoms with E-state index in [4.69, 9.17) is 14.2 Å². The van der Waals surface area contributed by atoms with E-state index in [9.17, 15) is 0 Å². The Morgan fingerprint density at radius 1 is 0.684 bits per heavy atom. The molecule has 0 aromatic heterocycles. The van der Waals surface area contributed by atoms with Crippen LogP contribution in [0.2, 0.25) is 0 Å². The van der Waals surface area contributed by atoms with Crippen LogP contribution in [0.4, 0.5) is 0 Å². The monoisotopic (exact) mass is 254 g/mol. The van der Waals surface area contributed by atoms with E-state index in [-0.39, 0.29) is 0 Å². The molecule has 2 heterocycles. The molecule has 3 nitrogen and oxygen atoms in total. The summed E-state index contributed by atoms with van der Waals surface area (Å²) in [5, 5.41) is 0. The van der Waals surface area contributed by atoms with Gasteiger partial charge in [-0.1, -0.05) is 24.3 Å². The minimum atomic E-state index is 0.298. The fourth-order valence-electron chi connectivity index (χ4n) is 2.12. The minimum absolute atomic E-state index is 0.298. The van der Waals surface area contributed by atoms with E-state index < -0.39 is 0 Å². The molecule has 0 bridgehead atoms. The van der Waals surface area contributed by atoms with Gasteiger partial charge in [-0.3, -0.25) is 0 Å². The normalized spacial score (nSPS) is 24.0. The Morgan fingerprint density at radius 2 is 1.05 bits per heavy atom. The lowest BCUT2D eigenvalue weighted by atomic mass is 10.1. The molecule has 0 unspecified atom stereocenters. The smallest absolute Gasteiger partial charge is 0.127 e. The van der Waals surface area contributed by atoms with E-state index in [1.807, 2.05) is 24.3 Å². The molecule has 19 heavy (non-hydrogen) atoms. The first kappa shape index (κ1) is 11.0. The Labute approximate surface area is 111 Å². The molecule has 2 aromatic carbocycles. The van der Waals surface area contributed by atoms with Crippen LogP contribution >= 0.6 is 0 Å². The quantitative estimate of drug-likeness (QED) is 0.781. The third kappa shape index (κ3) is 2.48. The van der Waals surface area contributed by atoms with Gasteiger partial charge in [0.1, 0.15) is 23.7 Å². The predicted octanol–water partition coefficient (Wildman–Crippen LogP) is 3.62. The van der Waals surface area contributed by atoms with Crippen LogP contribution in [0.15, 0.2) is 48.5 Å². The second-order valence-electron chi connectivity index (χ2n) is 4.88. The van der Waals surface area contributed by atoms with Gasteiger partial charge >= 0.3 is 0 Å². The fraction of sp³-hybridized carbons (Fsp3) is 0.250. The largest absolute Gasteiger partial charge is 0.457 e. The second kappa shape index (κ2) is 4.37. The maximum atomic E-state index is 5.81. The minimum Gasteiger partial charge on any atom is -0.457 e. The Kier molecular flexibility index (Phi) is 2.53. The number of ether oxygens (including phenoxy) is 3. The van der Waals surface area contributed by atoms with Crippen LogP contribution in [0, 0.1) is 0 Å². The van der Waals surface area contributed by atoms with Crippen molar-refractivity contribution in [2.75, 3.05) is 13.2 Å². The molecule has 2 aliphatic heterocycles. The molecular formula is C16H14O3. The van der Waals surface area contributed by atoms with Gasteiger partial charge in [0, 0.05) is 0 Å². The Morgan fingerprint density at radius 3 is 1.37 bits per heavy atom. The SMILES string of the molecule is c1cc([C@@H]2CO2)ccc1Oc1ccc([C@@H]2CO2)cc1.